The Hall–Kier alpha value is -3.81. The van der Waals surface area contributed by atoms with E-state index >= 15 is 4.39 Å². The molecule has 0 aliphatic heterocycles. The van der Waals surface area contributed by atoms with E-state index in [0.29, 0.717) is 34.1 Å². The molecule has 0 unspecified atom stereocenters. The lowest BCUT2D eigenvalue weighted by atomic mass is 9.99. The Labute approximate surface area is 183 Å². The third kappa shape index (κ3) is 2.79. The fourth-order valence-electron chi connectivity index (χ4n) is 4.35. The molecule has 0 amide bonds. The van der Waals surface area contributed by atoms with Crippen molar-refractivity contribution < 1.29 is 9.13 Å². The number of halogens is 1. The highest BCUT2D eigenvalue weighted by Crippen LogP contribution is 2.43. The van der Waals surface area contributed by atoms with Crippen molar-refractivity contribution >= 4 is 16.8 Å². The van der Waals surface area contributed by atoms with Crippen LogP contribution in [0.2, 0.25) is 0 Å². The van der Waals surface area contributed by atoms with Gasteiger partial charge in [-0.15, -0.1) is 5.10 Å². The van der Waals surface area contributed by atoms with Crippen LogP contribution in [0.4, 0.5) is 4.39 Å². The van der Waals surface area contributed by atoms with E-state index in [4.69, 9.17) is 4.74 Å². The summed E-state index contributed by atoms with van der Waals surface area (Å²) in [6, 6.07) is 6.92. The summed E-state index contributed by atoms with van der Waals surface area (Å²) in [6.07, 6.45) is 9.63. The van der Waals surface area contributed by atoms with Gasteiger partial charge in [0.05, 0.1) is 19.6 Å². The lowest BCUT2D eigenvalue weighted by molar-refractivity contribution is 0.418. The SMILES string of the molecule is CCn1cnc2c(-c3ccc(F)c(-c4ccn5c(C6CC6)cnc5c4OC)c3)cnnc21. The summed E-state index contributed by atoms with van der Waals surface area (Å²) >= 11 is 0. The van der Waals surface area contributed by atoms with Crippen molar-refractivity contribution in [3.05, 3.63) is 60.7 Å². The summed E-state index contributed by atoms with van der Waals surface area (Å²) in [5.74, 6) is 0.775. The molecule has 7 nitrogen and oxygen atoms in total. The van der Waals surface area contributed by atoms with Gasteiger partial charge in [-0.05, 0) is 43.5 Å². The number of nitrogens with zero attached hydrogens (tertiary/aromatic N) is 6. The van der Waals surface area contributed by atoms with Gasteiger partial charge in [-0.2, -0.15) is 5.10 Å². The maximum absolute atomic E-state index is 15.1. The Morgan fingerprint density at radius 2 is 1.94 bits per heavy atom. The van der Waals surface area contributed by atoms with E-state index in [2.05, 4.69) is 24.6 Å². The molecule has 1 fully saturated rings. The predicted octanol–water partition coefficient (Wildman–Crippen LogP) is 4.85. The van der Waals surface area contributed by atoms with Crippen LogP contribution in [0.3, 0.4) is 0 Å². The van der Waals surface area contributed by atoms with Gasteiger partial charge in [-0.1, -0.05) is 6.07 Å². The standard InChI is InChI=1S/C24H21FN6O/c1-3-30-13-27-21-18(11-28-29-23(21)30)15-6-7-19(25)17(10-15)16-8-9-31-20(14-4-5-14)12-26-24(31)22(16)32-2/h6-14H,3-5H2,1-2H3. The number of ether oxygens (including phenoxy) is 1. The highest BCUT2D eigenvalue weighted by atomic mass is 19.1. The first kappa shape index (κ1) is 18.9. The van der Waals surface area contributed by atoms with Crippen molar-refractivity contribution in [3.8, 4) is 28.0 Å². The van der Waals surface area contributed by atoms with Crippen LogP contribution in [0, 0.1) is 5.82 Å². The molecule has 8 heteroatoms. The molecular formula is C24H21FN6O. The van der Waals surface area contributed by atoms with Gasteiger partial charge in [0.2, 0.25) is 0 Å². The average molecular weight is 428 g/mol. The van der Waals surface area contributed by atoms with Gasteiger partial charge in [0, 0.05) is 47.2 Å². The number of fused-ring (bicyclic) bond motifs is 2. The average Bonchev–Trinajstić information content (AvgIpc) is 3.43. The van der Waals surface area contributed by atoms with Crippen molar-refractivity contribution in [2.75, 3.05) is 7.11 Å². The van der Waals surface area contributed by atoms with Crippen LogP contribution in [0.15, 0.2) is 49.2 Å². The van der Waals surface area contributed by atoms with Crippen molar-refractivity contribution in [3.63, 3.8) is 0 Å². The van der Waals surface area contributed by atoms with E-state index in [-0.39, 0.29) is 5.82 Å². The van der Waals surface area contributed by atoms with Gasteiger partial charge in [0.25, 0.3) is 0 Å². The van der Waals surface area contributed by atoms with Crippen LogP contribution >= 0.6 is 0 Å². The van der Waals surface area contributed by atoms with Crippen LogP contribution in [-0.4, -0.2) is 36.2 Å². The Balaban J connectivity index is 1.53. The number of hydrogen-bond acceptors (Lipinski definition) is 5. The molecule has 1 aliphatic rings. The molecule has 0 spiro atoms. The lowest BCUT2D eigenvalue weighted by Crippen LogP contribution is -1.98. The van der Waals surface area contributed by atoms with Crippen molar-refractivity contribution in [2.45, 2.75) is 32.2 Å². The Bertz CT molecular complexity index is 1480. The summed E-state index contributed by atoms with van der Waals surface area (Å²) in [4.78, 5) is 9.10. The van der Waals surface area contributed by atoms with Gasteiger partial charge >= 0.3 is 0 Å². The third-order valence-electron chi connectivity index (χ3n) is 6.18. The second kappa shape index (κ2) is 7.12. The van der Waals surface area contributed by atoms with Gasteiger partial charge in [-0.25, -0.2) is 14.4 Å². The molecule has 1 aromatic carbocycles. The summed E-state index contributed by atoms with van der Waals surface area (Å²) in [6.45, 7) is 2.77. The largest absolute Gasteiger partial charge is 0.492 e. The highest BCUT2D eigenvalue weighted by Gasteiger charge is 2.28. The molecular weight excluding hydrogens is 407 g/mol. The minimum Gasteiger partial charge on any atom is -0.492 e. The number of aromatic nitrogens is 6. The number of aryl methyl sites for hydroxylation is 1. The molecule has 0 bridgehead atoms. The summed E-state index contributed by atoms with van der Waals surface area (Å²) < 4.78 is 24.8. The summed E-state index contributed by atoms with van der Waals surface area (Å²) in [5.41, 5.74) is 6.04. The molecule has 0 saturated heterocycles. The topological polar surface area (TPSA) is 70.1 Å². The molecule has 160 valence electrons. The fourth-order valence-corrected chi connectivity index (χ4v) is 4.35. The zero-order valence-corrected chi connectivity index (χ0v) is 17.8. The number of benzene rings is 1. The first-order valence-corrected chi connectivity index (χ1v) is 10.7. The molecule has 4 heterocycles. The van der Waals surface area contributed by atoms with Gasteiger partial charge in [0.1, 0.15) is 11.3 Å². The Morgan fingerprint density at radius 1 is 1.06 bits per heavy atom. The van der Waals surface area contributed by atoms with E-state index < -0.39 is 0 Å². The van der Waals surface area contributed by atoms with Crippen molar-refractivity contribution in [1.29, 1.82) is 0 Å². The molecule has 1 aliphatic carbocycles. The fraction of sp³-hybridized carbons (Fsp3) is 0.250. The van der Waals surface area contributed by atoms with Gasteiger partial charge < -0.3 is 13.7 Å². The second-order valence-electron chi connectivity index (χ2n) is 8.07. The van der Waals surface area contributed by atoms with E-state index in [0.717, 1.165) is 23.2 Å². The van der Waals surface area contributed by atoms with Crippen molar-refractivity contribution in [2.24, 2.45) is 0 Å². The third-order valence-corrected chi connectivity index (χ3v) is 6.18. The maximum Gasteiger partial charge on any atom is 0.183 e. The predicted molar refractivity (Wildman–Crippen MR) is 119 cm³/mol. The molecule has 0 atom stereocenters. The van der Waals surface area contributed by atoms with Gasteiger partial charge in [0.15, 0.2) is 17.0 Å². The number of pyridine rings is 1. The van der Waals surface area contributed by atoms with Crippen LogP contribution in [0.25, 0.3) is 39.1 Å². The smallest absolute Gasteiger partial charge is 0.183 e. The molecule has 4 aromatic heterocycles. The van der Waals surface area contributed by atoms with E-state index in [9.17, 15) is 0 Å². The quantitative estimate of drug-likeness (QED) is 0.400. The molecule has 5 aromatic rings. The van der Waals surface area contributed by atoms with E-state index in [1.165, 1.54) is 24.6 Å². The molecule has 6 rings (SSSR count). The number of imidazole rings is 2. The number of rotatable bonds is 5. The minimum atomic E-state index is -0.331. The maximum atomic E-state index is 15.1. The zero-order valence-electron chi connectivity index (χ0n) is 17.8. The Kier molecular flexibility index (Phi) is 4.21. The van der Waals surface area contributed by atoms with Gasteiger partial charge in [-0.3, -0.25) is 0 Å². The second-order valence-corrected chi connectivity index (χ2v) is 8.07. The molecule has 1 saturated carbocycles. The van der Waals surface area contributed by atoms with Crippen LogP contribution in [0.5, 0.6) is 5.75 Å². The molecule has 0 N–H and O–H groups in total. The van der Waals surface area contributed by atoms with E-state index in [1.807, 2.05) is 36.0 Å². The van der Waals surface area contributed by atoms with Crippen LogP contribution in [0.1, 0.15) is 31.4 Å². The summed E-state index contributed by atoms with van der Waals surface area (Å²) in [5, 5.41) is 8.38. The van der Waals surface area contributed by atoms with E-state index in [1.54, 1.807) is 25.7 Å². The summed E-state index contributed by atoms with van der Waals surface area (Å²) in [7, 11) is 1.60. The Morgan fingerprint density at radius 3 is 2.72 bits per heavy atom. The normalized spacial score (nSPS) is 13.8. The molecule has 32 heavy (non-hydrogen) atoms. The highest BCUT2D eigenvalue weighted by molar-refractivity contribution is 5.91. The minimum absolute atomic E-state index is 0.331. The first-order chi connectivity index (χ1) is 15.7. The lowest BCUT2D eigenvalue weighted by Gasteiger charge is -2.13. The number of hydrogen-bond donors (Lipinski definition) is 0. The monoisotopic (exact) mass is 428 g/mol. The first-order valence-electron chi connectivity index (χ1n) is 10.7. The number of methoxy groups -OCH3 is 1. The molecule has 0 radical (unpaired) electrons. The van der Waals surface area contributed by atoms with Crippen LogP contribution < -0.4 is 4.74 Å². The van der Waals surface area contributed by atoms with Crippen LogP contribution in [-0.2, 0) is 6.54 Å². The zero-order chi connectivity index (χ0) is 21.8. The van der Waals surface area contributed by atoms with Crippen molar-refractivity contribution in [1.82, 2.24) is 29.1 Å².